The van der Waals surface area contributed by atoms with Gasteiger partial charge in [-0.25, -0.2) is 13.4 Å². The van der Waals surface area contributed by atoms with Crippen LogP contribution in [0.15, 0.2) is 23.4 Å². The standard InChI is InChI=1S/C10H13N3O6S/c1-6(2)8(10(14)15)12-20(18,19)9-7(13(16)17)4-3-5-11-9/h3-6,8,12H,1-2H3,(H,14,15)/t8-/m0/s1. The van der Waals surface area contributed by atoms with Gasteiger partial charge in [0.05, 0.1) is 4.92 Å². The summed E-state index contributed by atoms with van der Waals surface area (Å²) in [7, 11) is -4.41. The summed E-state index contributed by atoms with van der Waals surface area (Å²) in [5, 5.41) is 18.9. The van der Waals surface area contributed by atoms with Crippen LogP contribution in [0, 0.1) is 16.0 Å². The maximum atomic E-state index is 12.0. The molecule has 9 nitrogen and oxygen atoms in total. The molecule has 0 aliphatic carbocycles. The Balaban J connectivity index is 3.24. The molecule has 1 atom stereocenters. The van der Waals surface area contributed by atoms with Gasteiger partial charge in [0.1, 0.15) is 6.04 Å². The average Bonchev–Trinajstić information content (AvgIpc) is 2.35. The minimum atomic E-state index is -4.41. The summed E-state index contributed by atoms with van der Waals surface area (Å²) in [4.78, 5) is 24.3. The van der Waals surface area contributed by atoms with E-state index < -0.39 is 43.6 Å². The molecule has 0 aliphatic rings. The molecule has 20 heavy (non-hydrogen) atoms. The number of carboxylic acids is 1. The lowest BCUT2D eigenvalue weighted by molar-refractivity contribution is -0.388. The monoisotopic (exact) mass is 303 g/mol. The Hall–Kier alpha value is -2.07. The largest absolute Gasteiger partial charge is 0.480 e. The first-order valence-electron chi connectivity index (χ1n) is 5.51. The second-order valence-electron chi connectivity index (χ2n) is 4.27. The molecule has 0 bridgehead atoms. The van der Waals surface area contributed by atoms with E-state index in [1.165, 1.54) is 19.9 Å². The van der Waals surface area contributed by atoms with E-state index in [0.717, 1.165) is 12.3 Å². The Labute approximate surface area is 114 Å². The van der Waals surface area contributed by atoms with Gasteiger partial charge in [-0.15, -0.1) is 0 Å². The maximum Gasteiger partial charge on any atom is 0.322 e. The first-order chi connectivity index (χ1) is 9.16. The highest BCUT2D eigenvalue weighted by molar-refractivity contribution is 7.89. The van der Waals surface area contributed by atoms with E-state index in [9.17, 15) is 23.3 Å². The van der Waals surface area contributed by atoms with Gasteiger partial charge < -0.3 is 5.11 Å². The van der Waals surface area contributed by atoms with Crippen molar-refractivity contribution in [1.29, 1.82) is 0 Å². The summed E-state index contributed by atoms with van der Waals surface area (Å²) in [5.74, 6) is -1.91. The number of nitrogens with one attached hydrogen (secondary N) is 1. The zero-order chi connectivity index (χ0) is 15.5. The van der Waals surface area contributed by atoms with Crippen LogP contribution >= 0.6 is 0 Å². The van der Waals surface area contributed by atoms with Crippen molar-refractivity contribution >= 4 is 21.7 Å². The van der Waals surface area contributed by atoms with Crippen molar-refractivity contribution in [1.82, 2.24) is 9.71 Å². The Morgan fingerprint density at radius 2 is 2.10 bits per heavy atom. The van der Waals surface area contributed by atoms with Crippen LogP contribution in [-0.2, 0) is 14.8 Å². The highest BCUT2D eigenvalue weighted by atomic mass is 32.2. The van der Waals surface area contributed by atoms with Gasteiger partial charge in [-0.1, -0.05) is 13.8 Å². The molecular weight excluding hydrogens is 290 g/mol. The van der Waals surface area contributed by atoms with Gasteiger partial charge in [0.15, 0.2) is 0 Å². The summed E-state index contributed by atoms with van der Waals surface area (Å²) in [6, 6.07) is 0.794. The third kappa shape index (κ3) is 3.48. The van der Waals surface area contributed by atoms with E-state index in [4.69, 9.17) is 5.11 Å². The fraction of sp³-hybridized carbons (Fsp3) is 0.400. The molecule has 1 heterocycles. The fourth-order valence-corrected chi connectivity index (χ4v) is 2.86. The van der Waals surface area contributed by atoms with Crippen molar-refractivity contribution in [3.63, 3.8) is 0 Å². The molecule has 0 aliphatic heterocycles. The molecule has 0 saturated heterocycles. The SMILES string of the molecule is CC(C)[C@H](NS(=O)(=O)c1ncccc1[N+](=O)[O-])C(=O)O. The van der Waals surface area contributed by atoms with Crippen molar-refractivity contribution < 1.29 is 23.2 Å². The quantitative estimate of drug-likeness (QED) is 0.571. The number of hydrogen-bond acceptors (Lipinski definition) is 6. The van der Waals surface area contributed by atoms with Crippen LogP contribution < -0.4 is 4.72 Å². The third-order valence-electron chi connectivity index (χ3n) is 2.42. The van der Waals surface area contributed by atoms with Gasteiger partial charge in [0.2, 0.25) is 5.03 Å². The molecule has 0 radical (unpaired) electrons. The normalized spacial score (nSPS) is 13.2. The number of pyridine rings is 1. The Kier molecular flexibility index (Phi) is 4.73. The number of nitrogens with zero attached hydrogens (tertiary/aromatic N) is 2. The lowest BCUT2D eigenvalue weighted by atomic mass is 10.1. The predicted molar refractivity (Wildman–Crippen MR) is 67.5 cm³/mol. The molecule has 0 spiro atoms. The van der Waals surface area contributed by atoms with Crippen molar-refractivity contribution in [2.75, 3.05) is 0 Å². The van der Waals surface area contributed by atoms with E-state index in [1.807, 2.05) is 4.72 Å². The zero-order valence-corrected chi connectivity index (χ0v) is 11.5. The molecule has 1 aromatic heterocycles. The van der Waals surface area contributed by atoms with Crippen LogP contribution in [0.1, 0.15) is 13.8 Å². The number of aliphatic carboxylic acids is 1. The van der Waals surface area contributed by atoms with E-state index >= 15 is 0 Å². The molecule has 1 aromatic rings. The number of hydrogen-bond donors (Lipinski definition) is 2. The lowest BCUT2D eigenvalue weighted by Crippen LogP contribution is -2.44. The lowest BCUT2D eigenvalue weighted by Gasteiger charge is -2.17. The first-order valence-corrected chi connectivity index (χ1v) is 6.99. The second kappa shape index (κ2) is 5.92. The Morgan fingerprint density at radius 1 is 1.50 bits per heavy atom. The van der Waals surface area contributed by atoms with Crippen LogP contribution in [0.3, 0.4) is 0 Å². The maximum absolute atomic E-state index is 12.0. The van der Waals surface area contributed by atoms with Crippen molar-refractivity contribution in [3.8, 4) is 0 Å². The minimum Gasteiger partial charge on any atom is -0.480 e. The number of rotatable bonds is 6. The molecule has 2 N–H and O–H groups in total. The van der Waals surface area contributed by atoms with Crippen LogP contribution in [0.5, 0.6) is 0 Å². The molecule has 1 rings (SSSR count). The van der Waals surface area contributed by atoms with Gasteiger partial charge in [0, 0.05) is 12.3 Å². The van der Waals surface area contributed by atoms with E-state index in [1.54, 1.807) is 0 Å². The summed E-state index contributed by atoms with van der Waals surface area (Å²) in [6.07, 6.45) is 1.08. The number of nitro groups is 1. The predicted octanol–water partition coefficient (Wildman–Crippen LogP) is 0.377. The molecule has 0 fully saturated rings. The molecule has 0 saturated carbocycles. The minimum absolute atomic E-state index is 0.537. The highest BCUT2D eigenvalue weighted by Crippen LogP contribution is 2.21. The summed E-state index contributed by atoms with van der Waals surface area (Å²) >= 11 is 0. The van der Waals surface area contributed by atoms with Gasteiger partial charge in [-0.05, 0) is 12.0 Å². The fourth-order valence-electron chi connectivity index (χ4n) is 1.42. The van der Waals surface area contributed by atoms with Crippen LogP contribution in [-0.4, -0.2) is 35.4 Å². The first kappa shape index (κ1) is 16.0. The molecular formula is C10H13N3O6S. The Bertz CT molecular complexity index is 628. The zero-order valence-electron chi connectivity index (χ0n) is 10.7. The molecule has 0 amide bonds. The van der Waals surface area contributed by atoms with Gasteiger partial charge in [0.25, 0.3) is 10.0 Å². The molecule has 110 valence electrons. The third-order valence-corrected chi connectivity index (χ3v) is 3.81. The van der Waals surface area contributed by atoms with E-state index in [-0.39, 0.29) is 0 Å². The van der Waals surface area contributed by atoms with Gasteiger partial charge in [-0.3, -0.25) is 14.9 Å². The summed E-state index contributed by atoms with van der Waals surface area (Å²) in [6.45, 7) is 3.02. The summed E-state index contributed by atoms with van der Waals surface area (Å²) < 4.78 is 26.0. The van der Waals surface area contributed by atoms with Crippen molar-refractivity contribution in [2.45, 2.75) is 24.9 Å². The van der Waals surface area contributed by atoms with Crippen molar-refractivity contribution in [3.05, 3.63) is 28.4 Å². The molecule has 0 aromatic carbocycles. The van der Waals surface area contributed by atoms with E-state index in [2.05, 4.69) is 4.98 Å². The van der Waals surface area contributed by atoms with Gasteiger partial charge in [-0.2, -0.15) is 4.72 Å². The average molecular weight is 303 g/mol. The number of aromatic nitrogens is 1. The van der Waals surface area contributed by atoms with Crippen LogP contribution in [0.4, 0.5) is 5.69 Å². The molecule has 10 heteroatoms. The number of carboxylic acid groups (broad SMARTS) is 1. The Morgan fingerprint density at radius 3 is 2.55 bits per heavy atom. The highest BCUT2D eigenvalue weighted by Gasteiger charge is 2.33. The van der Waals surface area contributed by atoms with Crippen LogP contribution in [0.2, 0.25) is 0 Å². The second-order valence-corrected chi connectivity index (χ2v) is 5.90. The number of sulfonamides is 1. The smallest absolute Gasteiger partial charge is 0.322 e. The van der Waals surface area contributed by atoms with Gasteiger partial charge >= 0.3 is 11.7 Å². The summed E-state index contributed by atoms with van der Waals surface area (Å²) in [5.41, 5.74) is -0.715. The molecule has 0 unspecified atom stereocenters. The van der Waals surface area contributed by atoms with Crippen LogP contribution in [0.25, 0.3) is 0 Å². The van der Waals surface area contributed by atoms with E-state index in [0.29, 0.717) is 0 Å². The topological polar surface area (TPSA) is 140 Å². The van der Waals surface area contributed by atoms with Crippen molar-refractivity contribution in [2.24, 2.45) is 5.92 Å². The number of carbonyl (C=O) groups is 1.